The monoisotopic (exact) mass is 324 g/mol. The number of hydrogen-bond acceptors (Lipinski definition) is 1. The van der Waals surface area contributed by atoms with Crippen LogP contribution in [0.15, 0.2) is 53.0 Å². The largest absolute Gasteiger partial charge is 0.361 e. The number of halogens is 1. The summed E-state index contributed by atoms with van der Waals surface area (Å²) < 4.78 is 0.954. The van der Waals surface area contributed by atoms with E-state index in [1.54, 1.807) is 0 Å². The maximum atomic E-state index is 12.1. The first-order chi connectivity index (χ1) is 9.70. The Morgan fingerprint density at radius 1 is 1.05 bits per heavy atom. The van der Waals surface area contributed by atoms with Gasteiger partial charge in [-0.15, -0.1) is 0 Å². The van der Waals surface area contributed by atoms with Crippen molar-refractivity contribution in [3.63, 3.8) is 0 Å². The van der Waals surface area contributed by atoms with E-state index < -0.39 is 0 Å². The second-order valence-electron chi connectivity index (χ2n) is 4.44. The first-order valence-corrected chi connectivity index (χ1v) is 6.83. The molecule has 96 valence electrons. The Balaban J connectivity index is 2.50. The summed E-state index contributed by atoms with van der Waals surface area (Å²) in [6.45, 7) is 0. The summed E-state index contributed by atoms with van der Waals surface area (Å²) in [5.41, 5.74) is 9.10. The predicted molar refractivity (Wildman–Crippen MR) is 83.2 cm³/mol. The molecule has 0 N–H and O–H groups in total. The fourth-order valence-electron chi connectivity index (χ4n) is 2.40. The third-order valence-corrected chi connectivity index (χ3v) is 3.76. The van der Waals surface area contributed by atoms with E-state index in [9.17, 15) is 4.79 Å². The van der Waals surface area contributed by atoms with Crippen molar-refractivity contribution < 1.29 is 9.58 Å². The van der Waals surface area contributed by atoms with Crippen molar-refractivity contribution in [2.75, 3.05) is 0 Å². The lowest BCUT2D eigenvalue weighted by Crippen LogP contribution is -2.02. The van der Waals surface area contributed by atoms with Gasteiger partial charge in [-0.1, -0.05) is 46.3 Å². The number of carbonyl (C=O) groups excluding carboxylic acids is 1. The Labute approximate surface area is 123 Å². The van der Waals surface area contributed by atoms with Crippen molar-refractivity contribution in [2.45, 2.75) is 0 Å². The molecule has 0 bridgehead atoms. The van der Waals surface area contributed by atoms with E-state index >= 15 is 0 Å². The number of nitrogens with zero attached hydrogens (tertiary/aromatic N) is 2. The van der Waals surface area contributed by atoms with Crippen LogP contribution in [0.25, 0.3) is 27.1 Å². The highest BCUT2D eigenvalue weighted by atomic mass is 79.9. The van der Waals surface area contributed by atoms with Crippen LogP contribution in [0.1, 0.15) is 10.4 Å². The summed E-state index contributed by atoms with van der Waals surface area (Å²) in [5.74, 6) is -0.314. The van der Waals surface area contributed by atoms with Gasteiger partial charge < -0.3 is 5.53 Å². The zero-order valence-corrected chi connectivity index (χ0v) is 12.0. The molecule has 0 atom stereocenters. The van der Waals surface area contributed by atoms with Crippen LogP contribution in [0, 0.1) is 0 Å². The van der Waals surface area contributed by atoms with E-state index in [0.29, 0.717) is 5.56 Å². The first-order valence-electron chi connectivity index (χ1n) is 6.03. The highest BCUT2D eigenvalue weighted by molar-refractivity contribution is 9.10. The van der Waals surface area contributed by atoms with Crippen molar-refractivity contribution >= 4 is 49.5 Å². The van der Waals surface area contributed by atoms with E-state index in [2.05, 4.69) is 20.7 Å². The van der Waals surface area contributed by atoms with Crippen molar-refractivity contribution in [3.05, 3.63) is 64.1 Å². The fraction of sp³-hybridized carbons (Fsp3) is 0. The lowest BCUT2D eigenvalue weighted by Gasteiger charge is -2.08. The minimum atomic E-state index is -0.314. The van der Waals surface area contributed by atoms with Crippen LogP contribution >= 0.6 is 15.9 Å². The molecule has 4 heteroatoms. The first kappa shape index (κ1) is 12.7. The SMILES string of the molecule is [N-]=[N+]=CC(=O)c1cc2ccccc2c2cc(Br)ccc12. The number of carbonyl (C=O) groups is 1. The smallest absolute Gasteiger partial charge is 0.328 e. The lowest BCUT2D eigenvalue weighted by molar-refractivity contribution is 0.00236. The summed E-state index contributed by atoms with van der Waals surface area (Å²) in [5, 5.41) is 3.90. The van der Waals surface area contributed by atoms with Gasteiger partial charge in [0.2, 0.25) is 0 Å². The summed E-state index contributed by atoms with van der Waals surface area (Å²) in [4.78, 5) is 14.9. The molecule has 3 aromatic carbocycles. The second-order valence-corrected chi connectivity index (χ2v) is 5.36. The Kier molecular flexibility index (Phi) is 3.18. The number of hydrogen-bond donors (Lipinski definition) is 0. The molecule has 0 saturated heterocycles. The molecule has 0 aliphatic rings. The molecule has 0 unspecified atom stereocenters. The molecule has 0 aromatic heterocycles. The minimum absolute atomic E-state index is 0.314. The van der Waals surface area contributed by atoms with Gasteiger partial charge >= 0.3 is 6.21 Å². The normalized spacial score (nSPS) is 10.4. The summed E-state index contributed by atoms with van der Waals surface area (Å²) in [6, 6.07) is 15.5. The molecule has 0 spiro atoms. The van der Waals surface area contributed by atoms with Gasteiger partial charge in [-0.05, 0) is 39.7 Å². The maximum Gasteiger partial charge on any atom is 0.328 e. The molecule has 0 saturated carbocycles. The average Bonchev–Trinajstić information content (AvgIpc) is 2.46. The molecule has 0 radical (unpaired) electrons. The molecule has 0 aliphatic carbocycles. The number of fused-ring (bicyclic) bond motifs is 3. The highest BCUT2D eigenvalue weighted by Gasteiger charge is 2.14. The molecular formula is C16H9BrN2O. The van der Waals surface area contributed by atoms with Crippen molar-refractivity contribution in [2.24, 2.45) is 0 Å². The Morgan fingerprint density at radius 2 is 1.85 bits per heavy atom. The van der Waals surface area contributed by atoms with Crippen molar-refractivity contribution in [1.82, 2.24) is 0 Å². The van der Waals surface area contributed by atoms with Crippen LogP contribution in [0.3, 0.4) is 0 Å². The van der Waals surface area contributed by atoms with Crippen LogP contribution in [-0.2, 0) is 0 Å². The van der Waals surface area contributed by atoms with E-state index in [0.717, 1.165) is 32.2 Å². The maximum absolute atomic E-state index is 12.1. The highest BCUT2D eigenvalue weighted by Crippen LogP contribution is 2.31. The second kappa shape index (κ2) is 5.00. The van der Waals surface area contributed by atoms with Crippen LogP contribution in [0.2, 0.25) is 0 Å². The quantitative estimate of drug-likeness (QED) is 0.229. The van der Waals surface area contributed by atoms with E-state index in [4.69, 9.17) is 5.53 Å². The molecule has 3 aromatic rings. The third kappa shape index (κ3) is 2.05. The predicted octanol–water partition coefficient (Wildman–Crippen LogP) is 4.24. The van der Waals surface area contributed by atoms with Crippen molar-refractivity contribution in [1.29, 1.82) is 0 Å². The average molecular weight is 325 g/mol. The molecule has 0 heterocycles. The van der Waals surface area contributed by atoms with Crippen LogP contribution < -0.4 is 0 Å². The number of rotatable bonds is 2. The minimum Gasteiger partial charge on any atom is -0.361 e. The zero-order valence-electron chi connectivity index (χ0n) is 10.4. The Bertz CT molecular complexity index is 896. The molecular weight excluding hydrogens is 316 g/mol. The molecule has 0 amide bonds. The number of Topliss-reactive ketones (excluding diaryl/α,β-unsaturated/α-hetero) is 1. The van der Waals surface area contributed by atoms with Crippen molar-refractivity contribution in [3.8, 4) is 0 Å². The molecule has 0 aliphatic heterocycles. The van der Waals surface area contributed by atoms with E-state index in [1.165, 1.54) is 0 Å². The van der Waals surface area contributed by atoms with Gasteiger partial charge in [-0.2, -0.15) is 4.79 Å². The molecule has 3 nitrogen and oxygen atoms in total. The standard InChI is InChI=1S/C16H9BrN2O/c17-11-5-6-13-14(8-11)12-4-2-1-3-10(12)7-15(13)16(20)9-19-18/h1-9H. The number of ketones is 1. The zero-order chi connectivity index (χ0) is 14.1. The van der Waals surface area contributed by atoms with Crippen LogP contribution in [0.4, 0.5) is 0 Å². The number of benzene rings is 3. The Hall–Kier alpha value is -2.29. The van der Waals surface area contributed by atoms with E-state index in [1.807, 2.05) is 48.5 Å². The van der Waals surface area contributed by atoms with Gasteiger partial charge in [0.1, 0.15) is 0 Å². The van der Waals surface area contributed by atoms with Gasteiger partial charge in [-0.25, -0.2) is 0 Å². The van der Waals surface area contributed by atoms with Crippen LogP contribution in [-0.4, -0.2) is 16.8 Å². The summed E-state index contributed by atoms with van der Waals surface area (Å²) >= 11 is 3.46. The summed E-state index contributed by atoms with van der Waals surface area (Å²) in [7, 11) is 0. The van der Waals surface area contributed by atoms with Gasteiger partial charge in [0.05, 0.1) is 0 Å². The van der Waals surface area contributed by atoms with Gasteiger partial charge in [0.25, 0.3) is 5.78 Å². The van der Waals surface area contributed by atoms with Crippen LogP contribution in [0.5, 0.6) is 0 Å². The topological polar surface area (TPSA) is 53.5 Å². The van der Waals surface area contributed by atoms with E-state index in [-0.39, 0.29) is 5.78 Å². The lowest BCUT2D eigenvalue weighted by atomic mass is 9.95. The van der Waals surface area contributed by atoms with Gasteiger partial charge in [0, 0.05) is 10.0 Å². The van der Waals surface area contributed by atoms with Gasteiger partial charge in [0.15, 0.2) is 0 Å². The molecule has 20 heavy (non-hydrogen) atoms. The summed E-state index contributed by atoms with van der Waals surface area (Å²) in [6.07, 6.45) is 0.922. The molecule has 0 fully saturated rings. The Morgan fingerprint density at radius 3 is 2.65 bits per heavy atom. The molecule has 3 rings (SSSR count). The van der Waals surface area contributed by atoms with Gasteiger partial charge in [-0.3, -0.25) is 4.79 Å². The fourth-order valence-corrected chi connectivity index (χ4v) is 2.76. The third-order valence-electron chi connectivity index (χ3n) is 3.26.